The largest absolute Gasteiger partial charge is 0.366 e. The van der Waals surface area contributed by atoms with E-state index in [-0.39, 0.29) is 5.41 Å². The third-order valence-electron chi connectivity index (χ3n) is 6.32. The zero-order chi connectivity index (χ0) is 20.0. The molecule has 1 amide bonds. The van der Waals surface area contributed by atoms with Crippen LogP contribution in [0.15, 0.2) is 30.5 Å². The molecular formula is C21H23ClN6O. The van der Waals surface area contributed by atoms with Crippen LogP contribution < -0.4 is 16.4 Å². The first kappa shape index (κ1) is 18.4. The molecule has 1 spiro atoms. The van der Waals surface area contributed by atoms with Crippen molar-refractivity contribution < 1.29 is 4.79 Å². The summed E-state index contributed by atoms with van der Waals surface area (Å²) in [5.41, 5.74) is 10.2. The van der Waals surface area contributed by atoms with Crippen LogP contribution in [0.4, 0.5) is 5.82 Å². The summed E-state index contributed by atoms with van der Waals surface area (Å²) in [6, 6.07) is 7.33. The summed E-state index contributed by atoms with van der Waals surface area (Å²) in [7, 11) is 0. The molecule has 0 unspecified atom stereocenters. The van der Waals surface area contributed by atoms with Crippen LogP contribution in [0.25, 0.3) is 5.65 Å². The van der Waals surface area contributed by atoms with Crippen molar-refractivity contribution in [2.45, 2.75) is 37.6 Å². The van der Waals surface area contributed by atoms with Crippen molar-refractivity contribution in [3.8, 4) is 0 Å². The molecule has 8 heteroatoms. The minimum Gasteiger partial charge on any atom is -0.366 e. The first-order valence-electron chi connectivity index (χ1n) is 9.97. The van der Waals surface area contributed by atoms with Gasteiger partial charge < -0.3 is 16.4 Å². The van der Waals surface area contributed by atoms with E-state index in [4.69, 9.17) is 22.3 Å². The Labute approximate surface area is 173 Å². The van der Waals surface area contributed by atoms with Gasteiger partial charge in [-0.2, -0.15) is 9.61 Å². The molecule has 0 radical (unpaired) electrons. The zero-order valence-electron chi connectivity index (χ0n) is 16.0. The van der Waals surface area contributed by atoms with E-state index in [0.717, 1.165) is 50.2 Å². The molecule has 2 aliphatic rings. The Bertz CT molecular complexity index is 1080. The smallest absolute Gasteiger partial charge is 0.248 e. The number of nitrogens with two attached hydrogens (primary N) is 1. The van der Waals surface area contributed by atoms with Crippen LogP contribution in [-0.4, -0.2) is 33.6 Å². The van der Waals surface area contributed by atoms with Gasteiger partial charge in [0.15, 0.2) is 5.65 Å². The van der Waals surface area contributed by atoms with E-state index in [9.17, 15) is 4.79 Å². The quantitative estimate of drug-likeness (QED) is 0.614. The average molecular weight is 411 g/mol. The molecule has 1 aromatic carbocycles. The number of anilines is 1. The Morgan fingerprint density at radius 2 is 2.00 bits per heavy atom. The molecular weight excluding hydrogens is 388 g/mol. The van der Waals surface area contributed by atoms with Crippen LogP contribution in [0.5, 0.6) is 0 Å². The summed E-state index contributed by atoms with van der Waals surface area (Å²) in [6.45, 7) is 2.65. The number of benzene rings is 1. The number of primary amides is 1. The lowest BCUT2D eigenvalue weighted by Gasteiger charge is -2.34. The predicted molar refractivity (Wildman–Crippen MR) is 112 cm³/mol. The van der Waals surface area contributed by atoms with Crippen molar-refractivity contribution in [3.05, 3.63) is 57.9 Å². The molecule has 2 aromatic heterocycles. The standard InChI is InChI=1S/C21H23ClN6O/c22-16-12-26-28-19(25-11-13-1-3-14(4-2-13)18(23)29)15-5-6-21(7-9-24-10-8-21)17(15)27-20(16)28/h1-4,12,24-25H,5-11H2,(H2,23,29). The molecule has 0 saturated carbocycles. The Morgan fingerprint density at radius 1 is 1.24 bits per heavy atom. The molecule has 3 aromatic rings. The molecule has 0 bridgehead atoms. The topological polar surface area (TPSA) is 97.3 Å². The van der Waals surface area contributed by atoms with Crippen LogP contribution in [-0.2, 0) is 18.4 Å². The lowest BCUT2D eigenvalue weighted by Crippen LogP contribution is -2.39. The number of amides is 1. The van der Waals surface area contributed by atoms with Gasteiger partial charge in [-0.25, -0.2) is 4.98 Å². The SMILES string of the molecule is NC(=O)c1ccc(CNc2c3c(nc4c(Cl)cnn24)C2(CCNCC2)CC3)cc1. The maximum atomic E-state index is 11.3. The number of piperidine rings is 1. The maximum Gasteiger partial charge on any atom is 0.248 e. The molecule has 150 valence electrons. The number of aromatic nitrogens is 3. The van der Waals surface area contributed by atoms with Gasteiger partial charge >= 0.3 is 0 Å². The number of hydrogen-bond acceptors (Lipinski definition) is 5. The number of rotatable bonds is 4. The van der Waals surface area contributed by atoms with Crippen LogP contribution in [0.3, 0.4) is 0 Å². The van der Waals surface area contributed by atoms with Gasteiger partial charge in [0.25, 0.3) is 0 Å². The van der Waals surface area contributed by atoms with E-state index in [1.54, 1.807) is 18.3 Å². The molecule has 1 aliphatic heterocycles. The number of carbonyl (C=O) groups is 1. The number of fused-ring (bicyclic) bond motifs is 3. The van der Waals surface area contributed by atoms with Crippen LogP contribution in [0.2, 0.25) is 5.02 Å². The van der Waals surface area contributed by atoms with Crippen molar-refractivity contribution in [3.63, 3.8) is 0 Å². The van der Waals surface area contributed by atoms with Gasteiger partial charge in [-0.3, -0.25) is 4.79 Å². The van der Waals surface area contributed by atoms with Gasteiger partial charge in [0, 0.05) is 23.1 Å². The Morgan fingerprint density at radius 3 is 2.72 bits per heavy atom. The second-order valence-electron chi connectivity index (χ2n) is 7.96. The van der Waals surface area contributed by atoms with E-state index < -0.39 is 5.91 Å². The summed E-state index contributed by atoms with van der Waals surface area (Å²) in [4.78, 5) is 16.3. The second kappa shape index (κ2) is 7.00. The Balaban J connectivity index is 1.52. The van der Waals surface area contributed by atoms with E-state index in [1.165, 1.54) is 11.3 Å². The summed E-state index contributed by atoms with van der Waals surface area (Å²) < 4.78 is 1.82. The fourth-order valence-corrected chi connectivity index (χ4v) is 4.87. The lowest BCUT2D eigenvalue weighted by atomic mass is 9.77. The summed E-state index contributed by atoms with van der Waals surface area (Å²) >= 11 is 6.41. The number of hydrogen-bond donors (Lipinski definition) is 3. The number of nitrogens with zero attached hydrogens (tertiary/aromatic N) is 3. The van der Waals surface area contributed by atoms with Crippen LogP contribution >= 0.6 is 11.6 Å². The first-order chi connectivity index (χ1) is 14.1. The van der Waals surface area contributed by atoms with E-state index >= 15 is 0 Å². The summed E-state index contributed by atoms with van der Waals surface area (Å²) in [6.07, 6.45) is 5.95. The number of nitrogens with one attached hydrogen (secondary N) is 2. The third kappa shape index (κ3) is 3.05. The monoisotopic (exact) mass is 410 g/mol. The van der Waals surface area contributed by atoms with Gasteiger partial charge in [0.05, 0.1) is 11.9 Å². The lowest BCUT2D eigenvalue weighted by molar-refractivity contribution is 0.100. The van der Waals surface area contributed by atoms with Gasteiger partial charge in [-0.1, -0.05) is 23.7 Å². The van der Waals surface area contributed by atoms with Gasteiger partial charge in [-0.05, 0) is 56.5 Å². The molecule has 1 aliphatic carbocycles. The van der Waals surface area contributed by atoms with Crippen molar-refractivity contribution in [2.24, 2.45) is 5.73 Å². The van der Waals surface area contributed by atoms with Gasteiger partial charge in [0.1, 0.15) is 10.8 Å². The third-order valence-corrected chi connectivity index (χ3v) is 6.58. The Hall–Kier alpha value is -2.64. The highest BCUT2D eigenvalue weighted by Crippen LogP contribution is 2.46. The summed E-state index contributed by atoms with van der Waals surface area (Å²) in [5, 5.41) is 12.1. The van der Waals surface area contributed by atoms with Gasteiger partial charge in [0.2, 0.25) is 5.91 Å². The molecule has 29 heavy (non-hydrogen) atoms. The van der Waals surface area contributed by atoms with Crippen molar-refractivity contribution in [1.29, 1.82) is 0 Å². The van der Waals surface area contributed by atoms with Crippen LogP contribution in [0, 0.1) is 0 Å². The molecule has 5 rings (SSSR count). The fraction of sp³-hybridized carbons (Fsp3) is 0.381. The highest BCUT2D eigenvalue weighted by Gasteiger charge is 2.43. The number of halogens is 1. The van der Waals surface area contributed by atoms with E-state index in [1.807, 2.05) is 16.6 Å². The molecule has 1 saturated heterocycles. The van der Waals surface area contributed by atoms with E-state index in [2.05, 4.69) is 15.7 Å². The zero-order valence-corrected chi connectivity index (χ0v) is 16.8. The fourth-order valence-electron chi connectivity index (χ4n) is 4.70. The molecule has 0 atom stereocenters. The predicted octanol–water partition coefficient (Wildman–Crippen LogP) is 2.66. The second-order valence-corrected chi connectivity index (χ2v) is 8.37. The summed E-state index contributed by atoms with van der Waals surface area (Å²) in [5.74, 6) is 0.544. The normalized spacial score (nSPS) is 17.6. The van der Waals surface area contributed by atoms with Crippen molar-refractivity contribution in [2.75, 3.05) is 18.4 Å². The van der Waals surface area contributed by atoms with Crippen molar-refractivity contribution >= 4 is 29.0 Å². The molecule has 3 heterocycles. The maximum absolute atomic E-state index is 11.3. The minimum atomic E-state index is -0.420. The average Bonchev–Trinajstić information content (AvgIpc) is 3.28. The number of carbonyl (C=O) groups excluding carboxylic acids is 1. The van der Waals surface area contributed by atoms with Crippen molar-refractivity contribution in [1.82, 2.24) is 19.9 Å². The highest BCUT2D eigenvalue weighted by molar-refractivity contribution is 6.33. The molecule has 1 fully saturated rings. The van der Waals surface area contributed by atoms with E-state index in [0.29, 0.717) is 22.8 Å². The molecule has 4 N–H and O–H groups in total. The van der Waals surface area contributed by atoms with Gasteiger partial charge in [-0.15, -0.1) is 0 Å². The van der Waals surface area contributed by atoms with Crippen LogP contribution in [0.1, 0.15) is 46.4 Å². The highest BCUT2D eigenvalue weighted by atomic mass is 35.5. The molecule has 7 nitrogen and oxygen atoms in total. The first-order valence-corrected chi connectivity index (χ1v) is 10.4. The minimum absolute atomic E-state index is 0.134. The Kier molecular flexibility index (Phi) is 4.44.